The minimum absolute atomic E-state index is 0. The molecule has 1 aromatic rings. The summed E-state index contributed by atoms with van der Waals surface area (Å²) in [5.74, 6) is 0.279. The number of nitrogens with one attached hydrogen (secondary N) is 1. The zero-order chi connectivity index (χ0) is 17.9. The van der Waals surface area contributed by atoms with Crippen molar-refractivity contribution < 1.29 is 4.79 Å². The highest BCUT2D eigenvalue weighted by Gasteiger charge is 2.35. The molecule has 0 spiro atoms. The van der Waals surface area contributed by atoms with Crippen LogP contribution >= 0.6 is 11.6 Å². The summed E-state index contributed by atoms with van der Waals surface area (Å²) in [5, 5.41) is 4.12. The second-order valence-electron chi connectivity index (χ2n) is 7.67. The zero-order valence-electron chi connectivity index (χ0n) is 15.3. The first-order valence-electron chi connectivity index (χ1n) is 9.19. The summed E-state index contributed by atoms with van der Waals surface area (Å²) in [4.78, 5) is 19.8. The number of anilines is 1. The number of nitrogens with zero attached hydrogens (tertiary/aromatic N) is 3. The van der Waals surface area contributed by atoms with E-state index < -0.39 is 0 Å². The molecule has 1 amide bonds. The first-order valence-corrected chi connectivity index (χ1v) is 9.56. The first kappa shape index (κ1) is 21.0. The lowest BCUT2D eigenvalue weighted by Gasteiger charge is -2.41. The molecule has 0 saturated carbocycles. The van der Waals surface area contributed by atoms with Crippen LogP contribution in [0.25, 0.3) is 0 Å². The van der Waals surface area contributed by atoms with E-state index in [4.69, 9.17) is 11.6 Å². The van der Waals surface area contributed by atoms with Crippen LogP contribution in [-0.4, -0.2) is 74.6 Å². The molecule has 1 aromatic carbocycles. The Bertz CT molecular complexity index is 576. The molecule has 0 unspecified atom stereocenters. The van der Waals surface area contributed by atoms with Crippen molar-refractivity contribution in [2.24, 2.45) is 5.41 Å². The third kappa shape index (κ3) is 5.12. The van der Waals surface area contributed by atoms with Crippen molar-refractivity contribution in [1.82, 2.24) is 15.1 Å². The molecular formula is C20H33ClN4O. The molecule has 6 heteroatoms. The number of rotatable bonds is 4. The number of hydrogen-bond acceptors (Lipinski definition) is 4. The van der Waals surface area contributed by atoms with Gasteiger partial charge in [-0.1, -0.05) is 19.0 Å². The average Bonchev–Trinajstić information content (AvgIpc) is 2.62. The number of hydrogen-bond donors (Lipinski definition) is 1. The van der Waals surface area contributed by atoms with Gasteiger partial charge in [-0.3, -0.25) is 9.69 Å². The highest BCUT2D eigenvalue weighted by molar-refractivity contribution is 6.30. The van der Waals surface area contributed by atoms with E-state index in [1.54, 1.807) is 0 Å². The second-order valence-corrected chi connectivity index (χ2v) is 8.10. The topological polar surface area (TPSA) is 38.8 Å². The molecule has 2 heterocycles. The maximum absolute atomic E-state index is 13.0. The molecule has 0 bridgehead atoms. The fraction of sp³-hybridized carbons (Fsp3) is 0.650. The van der Waals surface area contributed by atoms with E-state index in [0.717, 1.165) is 63.9 Å². The van der Waals surface area contributed by atoms with E-state index in [0.29, 0.717) is 0 Å². The molecule has 3 rings (SSSR count). The molecule has 2 aliphatic heterocycles. The van der Waals surface area contributed by atoms with E-state index in [2.05, 4.69) is 29.0 Å². The summed E-state index contributed by atoms with van der Waals surface area (Å²) in [7, 11) is 0. The number of carbonyl (C=O) groups excluding carboxylic acids is 1. The van der Waals surface area contributed by atoms with Crippen LogP contribution in [0.2, 0.25) is 5.02 Å². The summed E-state index contributed by atoms with van der Waals surface area (Å²) in [6, 6.07) is 7.94. The van der Waals surface area contributed by atoms with Crippen LogP contribution in [0, 0.1) is 5.41 Å². The van der Waals surface area contributed by atoms with Gasteiger partial charge in [-0.2, -0.15) is 0 Å². The van der Waals surface area contributed by atoms with E-state index >= 15 is 0 Å². The summed E-state index contributed by atoms with van der Waals surface area (Å²) in [5.41, 5.74) is 0.844. The lowest BCUT2D eigenvalue weighted by Crippen LogP contribution is -2.55. The molecule has 26 heavy (non-hydrogen) atoms. The standard InChI is InChI=1S/C19H29ClN4O.CH4/c1-19(2,15-22-9-7-21-8-10-22)18(25)24-13-11-23(12-14-24)17-5-3-16(20)4-6-17;/h3-6,21H,7-15H2,1-2H3;1H4. The molecule has 146 valence electrons. The largest absolute Gasteiger partial charge is 0.368 e. The van der Waals surface area contributed by atoms with Gasteiger partial charge in [0.15, 0.2) is 0 Å². The monoisotopic (exact) mass is 380 g/mol. The van der Waals surface area contributed by atoms with Crippen LogP contribution in [0.1, 0.15) is 21.3 Å². The minimum Gasteiger partial charge on any atom is -0.368 e. The molecule has 2 fully saturated rings. The smallest absolute Gasteiger partial charge is 0.229 e. The number of carbonyl (C=O) groups is 1. The van der Waals surface area contributed by atoms with E-state index in [-0.39, 0.29) is 18.7 Å². The number of halogens is 1. The Morgan fingerprint density at radius 1 is 1.04 bits per heavy atom. The SMILES string of the molecule is C.CC(C)(CN1CCNCC1)C(=O)N1CCN(c2ccc(Cl)cc2)CC1. The van der Waals surface area contributed by atoms with Crippen LogP contribution in [0.5, 0.6) is 0 Å². The van der Waals surface area contributed by atoms with E-state index in [9.17, 15) is 4.79 Å². The Morgan fingerprint density at radius 2 is 1.62 bits per heavy atom. The predicted octanol–water partition coefficient (Wildman–Crippen LogP) is 2.56. The van der Waals surface area contributed by atoms with Crippen molar-refractivity contribution in [2.45, 2.75) is 21.3 Å². The molecule has 0 aliphatic carbocycles. The van der Waals surface area contributed by atoms with Crippen LogP contribution in [0.15, 0.2) is 24.3 Å². The van der Waals surface area contributed by atoms with Crippen molar-refractivity contribution in [3.8, 4) is 0 Å². The Morgan fingerprint density at radius 3 is 2.19 bits per heavy atom. The Balaban J connectivity index is 0.00000243. The third-order valence-corrected chi connectivity index (χ3v) is 5.42. The first-order chi connectivity index (χ1) is 12.0. The lowest BCUT2D eigenvalue weighted by atomic mass is 9.90. The molecular weight excluding hydrogens is 348 g/mol. The van der Waals surface area contributed by atoms with Gasteiger partial charge in [-0.15, -0.1) is 0 Å². The summed E-state index contributed by atoms with van der Waals surface area (Å²) in [6.07, 6.45) is 0. The van der Waals surface area contributed by atoms with Crippen molar-refractivity contribution in [3.05, 3.63) is 29.3 Å². The van der Waals surface area contributed by atoms with Crippen LogP contribution < -0.4 is 10.2 Å². The van der Waals surface area contributed by atoms with Crippen molar-refractivity contribution in [2.75, 3.05) is 63.8 Å². The average molecular weight is 381 g/mol. The third-order valence-electron chi connectivity index (χ3n) is 5.17. The number of piperazine rings is 2. The minimum atomic E-state index is -0.334. The lowest BCUT2D eigenvalue weighted by molar-refractivity contribution is -0.141. The maximum Gasteiger partial charge on any atom is 0.229 e. The molecule has 1 N–H and O–H groups in total. The van der Waals surface area contributed by atoms with E-state index in [1.165, 1.54) is 5.69 Å². The second kappa shape index (κ2) is 9.07. The zero-order valence-corrected chi connectivity index (χ0v) is 16.1. The van der Waals surface area contributed by atoms with Crippen LogP contribution in [-0.2, 0) is 4.79 Å². The Kier molecular flexibility index (Phi) is 7.33. The molecule has 2 saturated heterocycles. The van der Waals surface area contributed by atoms with Crippen molar-refractivity contribution in [1.29, 1.82) is 0 Å². The number of benzene rings is 1. The van der Waals surface area contributed by atoms with Crippen molar-refractivity contribution in [3.63, 3.8) is 0 Å². The molecule has 2 aliphatic rings. The van der Waals surface area contributed by atoms with Crippen LogP contribution in [0.4, 0.5) is 5.69 Å². The quantitative estimate of drug-likeness (QED) is 0.871. The van der Waals surface area contributed by atoms with Gasteiger partial charge in [0.25, 0.3) is 0 Å². The van der Waals surface area contributed by atoms with Gasteiger partial charge >= 0.3 is 0 Å². The van der Waals surface area contributed by atoms with E-state index in [1.807, 2.05) is 29.2 Å². The van der Waals surface area contributed by atoms with Gasteiger partial charge < -0.3 is 15.1 Å². The predicted molar refractivity (Wildman–Crippen MR) is 110 cm³/mol. The summed E-state index contributed by atoms with van der Waals surface area (Å²) >= 11 is 5.97. The highest BCUT2D eigenvalue weighted by atomic mass is 35.5. The Labute approximate surface area is 163 Å². The number of amides is 1. The van der Waals surface area contributed by atoms with Gasteiger partial charge in [-0.25, -0.2) is 0 Å². The normalized spacial score (nSPS) is 19.2. The highest BCUT2D eigenvalue weighted by Crippen LogP contribution is 2.24. The van der Waals surface area contributed by atoms with Crippen LogP contribution in [0.3, 0.4) is 0 Å². The summed E-state index contributed by atoms with van der Waals surface area (Å²) in [6.45, 7) is 12.4. The maximum atomic E-state index is 13.0. The molecule has 0 atom stereocenters. The fourth-order valence-corrected chi connectivity index (χ4v) is 3.87. The molecule has 0 aromatic heterocycles. The van der Waals surface area contributed by atoms with Gasteiger partial charge in [0.05, 0.1) is 5.41 Å². The van der Waals surface area contributed by atoms with Gasteiger partial charge in [0, 0.05) is 69.6 Å². The fourth-order valence-electron chi connectivity index (χ4n) is 3.74. The van der Waals surface area contributed by atoms with Crippen molar-refractivity contribution >= 4 is 23.2 Å². The van der Waals surface area contributed by atoms with Gasteiger partial charge in [0.1, 0.15) is 0 Å². The summed E-state index contributed by atoms with van der Waals surface area (Å²) < 4.78 is 0. The Hall–Kier alpha value is -1.30. The van der Waals surface area contributed by atoms with Gasteiger partial charge in [-0.05, 0) is 38.1 Å². The van der Waals surface area contributed by atoms with Gasteiger partial charge in [0.2, 0.25) is 5.91 Å². The molecule has 5 nitrogen and oxygen atoms in total. The molecule has 0 radical (unpaired) electrons.